The van der Waals surface area contributed by atoms with Crippen molar-refractivity contribution >= 4 is 21.5 Å². The summed E-state index contributed by atoms with van der Waals surface area (Å²) in [5, 5.41) is 4.95. The van der Waals surface area contributed by atoms with Crippen LogP contribution in [0, 0.1) is 6.92 Å². The predicted octanol–water partition coefficient (Wildman–Crippen LogP) is 4.31. The van der Waals surface area contributed by atoms with Gasteiger partial charge in [-0.05, 0) is 34.7 Å². The standard InChI is InChI=1S/C16H14O/c1-11-9-13-8-7-12-5-3-4-6-14(12)16(13)15(10-11)17-2/h3-10H,1-2H3. The quantitative estimate of drug-likeness (QED) is 0.557. The molecule has 0 fully saturated rings. The smallest absolute Gasteiger partial charge is 0.127 e. The van der Waals surface area contributed by atoms with E-state index in [4.69, 9.17) is 4.74 Å². The van der Waals surface area contributed by atoms with Gasteiger partial charge in [-0.3, -0.25) is 0 Å². The molecule has 1 heteroatoms. The Balaban J connectivity index is 2.56. The van der Waals surface area contributed by atoms with Crippen molar-refractivity contribution in [2.24, 2.45) is 0 Å². The largest absolute Gasteiger partial charge is 0.496 e. The first-order chi connectivity index (χ1) is 8.29. The van der Waals surface area contributed by atoms with E-state index in [0.717, 1.165) is 5.75 Å². The van der Waals surface area contributed by atoms with Gasteiger partial charge in [0.25, 0.3) is 0 Å². The van der Waals surface area contributed by atoms with E-state index in [1.165, 1.54) is 27.1 Å². The lowest BCUT2D eigenvalue weighted by atomic mass is 9.99. The van der Waals surface area contributed by atoms with Gasteiger partial charge in [0.2, 0.25) is 0 Å². The summed E-state index contributed by atoms with van der Waals surface area (Å²) in [5.74, 6) is 0.955. The van der Waals surface area contributed by atoms with Crippen LogP contribution in [0.1, 0.15) is 5.56 Å². The Morgan fingerprint density at radius 2 is 1.65 bits per heavy atom. The molecule has 0 atom stereocenters. The molecule has 0 amide bonds. The van der Waals surface area contributed by atoms with Crippen molar-refractivity contribution in [3.05, 3.63) is 54.1 Å². The summed E-state index contributed by atoms with van der Waals surface area (Å²) in [6.45, 7) is 2.09. The SMILES string of the molecule is COc1cc(C)cc2ccc3ccccc3c12. The van der Waals surface area contributed by atoms with Gasteiger partial charge < -0.3 is 4.74 Å². The predicted molar refractivity (Wildman–Crippen MR) is 72.7 cm³/mol. The van der Waals surface area contributed by atoms with Crippen molar-refractivity contribution in [2.45, 2.75) is 6.92 Å². The van der Waals surface area contributed by atoms with Crippen LogP contribution in [0.3, 0.4) is 0 Å². The molecule has 0 N–H and O–H groups in total. The Labute approximate surface area is 101 Å². The Bertz CT molecular complexity index is 698. The maximum Gasteiger partial charge on any atom is 0.127 e. The molecule has 17 heavy (non-hydrogen) atoms. The van der Waals surface area contributed by atoms with Crippen LogP contribution >= 0.6 is 0 Å². The highest BCUT2D eigenvalue weighted by molar-refractivity contribution is 6.10. The zero-order valence-electron chi connectivity index (χ0n) is 10.0. The molecular weight excluding hydrogens is 208 g/mol. The summed E-state index contributed by atoms with van der Waals surface area (Å²) < 4.78 is 5.52. The lowest BCUT2D eigenvalue weighted by Crippen LogP contribution is -1.87. The number of benzene rings is 3. The molecule has 3 aromatic rings. The first-order valence-electron chi connectivity index (χ1n) is 5.76. The third kappa shape index (κ3) is 1.55. The van der Waals surface area contributed by atoms with Gasteiger partial charge in [-0.25, -0.2) is 0 Å². The van der Waals surface area contributed by atoms with Crippen LogP contribution < -0.4 is 4.74 Å². The second-order valence-electron chi connectivity index (χ2n) is 4.35. The lowest BCUT2D eigenvalue weighted by Gasteiger charge is -2.10. The topological polar surface area (TPSA) is 9.23 Å². The van der Waals surface area contributed by atoms with Gasteiger partial charge in [0, 0.05) is 5.39 Å². The molecule has 0 unspecified atom stereocenters. The molecule has 0 aliphatic heterocycles. The van der Waals surface area contributed by atoms with E-state index in [2.05, 4.69) is 55.5 Å². The van der Waals surface area contributed by atoms with Crippen molar-refractivity contribution in [3.63, 3.8) is 0 Å². The average Bonchev–Trinajstić information content (AvgIpc) is 2.37. The summed E-state index contributed by atoms with van der Waals surface area (Å²) >= 11 is 0. The van der Waals surface area contributed by atoms with Gasteiger partial charge in [-0.2, -0.15) is 0 Å². The van der Waals surface area contributed by atoms with Gasteiger partial charge in [0.05, 0.1) is 7.11 Å². The van der Waals surface area contributed by atoms with E-state index < -0.39 is 0 Å². The first kappa shape index (κ1) is 10.2. The van der Waals surface area contributed by atoms with Crippen LogP contribution in [-0.4, -0.2) is 7.11 Å². The van der Waals surface area contributed by atoms with Crippen molar-refractivity contribution in [3.8, 4) is 5.75 Å². The molecule has 0 saturated heterocycles. The number of methoxy groups -OCH3 is 1. The highest BCUT2D eigenvalue weighted by Gasteiger charge is 2.06. The van der Waals surface area contributed by atoms with E-state index in [1.54, 1.807) is 7.11 Å². The molecule has 1 nitrogen and oxygen atoms in total. The second-order valence-corrected chi connectivity index (χ2v) is 4.35. The Hall–Kier alpha value is -2.02. The Kier molecular flexibility index (Phi) is 2.25. The molecule has 0 aliphatic rings. The number of ether oxygens (including phenoxy) is 1. The van der Waals surface area contributed by atoms with E-state index >= 15 is 0 Å². The van der Waals surface area contributed by atoms with Crippen molar-refractivity contribution in [2.75, 3.05) is 7.11 Å². The molecule has 0 heterocycles. The fourth-order valence-corrected chi connectivity index (χ4v) is 2.41. The Morgan fingerprint density at radius 3 is 2.47 bits per heavy atom. The summed E-state index contributed by atoms with van der Waals surface area (Å²) in [4.78, 5) is 0. The third-order valence-corrected chi connectivity index (χ3v) is 3.17. The molecule has 0 aliphatic carbocycles. The van der Waals surface area contributed by atoms with Crippen LogP contribution in [0.4, 0.5) is 0 Å². The highest BCUT2D eigenvalue weighted by atomic mass is 16.5. The fraction of sp³-hybridized carbons (Fsp3) is 0.125. The van der Waals surface area contributed by atoms with Crippen molar-refractivity contribution in [1.29, 1.82) is 0 Å². The molecule has 0 spiro atoms. The summed E-state index contributed by atoms with van der Waals surface area (Å²) in [7, 11) is 1.73. The lowest BCUT2D eigenvalue weighted by molar-refractivity contribution is 0.420. The minimum atomic E-state index is 0.955. The number of aryl methyl sites for hydroxylation is 1. The van der Waals surface area contributed by atoms with E-state index in [9.17, 15) is 0 Å². The minimum Gasteiger partial charge on any atom is -0.496 e. The molecular formula is C16H14O. The highest BCUT2D eigenvalue weighted by Crippen LogP contribution is 2.33. The van der Waals surface area contributed by atoms with Crippen LogP contribution in [0.15, 0.2) is 48.5 Å². The number of rotatable bonds is 1. The van der Waals surface area contributed by atoms with Gasteiger partial charge >= 0.3 is 0 Å². The monoisotopic (exact) mass is 222 g/mol. The van der Waals surface area contributed by atoms with Gasteiger partial charge in [-0.1, -0.05) is 42.5 Å². The van der Waals surface area contributed by atoms with E-state index in [1.807, 2.05) is 0 Å². The van der Waals surface area contributed by atoms with Gasteiger partial charge in [-0.15, -0.1) is 0 Å². The van der Waals surface area contributed by atoms with E-state index in [-0.39, 0.29) is 0 Å². The van der Waals surface area contributed by atoms with Crippen LogP contribution in [0.25, 0.3) is 21.5 Å². The van der Waals surface area contributed by atoms with Crippen molar-refractivity contribution in [1.82, 2.24) is 0 Å². The fourth-order valence-electron chi connectivity index (χ4n) is 2.41. The average molecular weight is 222 g/mol. The molecule has 84 valence electrons. The molecule has 0 aromatic heterocycles. The molecule has 3 rings (SSSR count). The van der Waals surface area contributed by atoms with E-state index in [0.29, 0.717) is 0 Å². The number of hydrogen-bond acceptors (Lipinski definition) is 1. The molecule has 3 aromatic carbocycles. The molecule has 0 bridgehead atoms. The van der Waals surface area contributed by atoms with Gasteiger partial charge in [0.15, 0.2) is 0 Å². The van der Waals surface area contributed by atoms with Crippen LogP contribution in [0.5, 0.6) is 5.75 Å². The second kappa shape index (κ2) is 3.77. The zero-order chi connectivity index (χ0) is 11.8. The minimum absolute atomic E-state index is 0.955. The maximum atomic E-state index is 5.52. The molecule has 0 saturated carbocycles. The summed E-state index contributed by atoms with van der Waals surface area (Å²) in [5.41, 5.74) is 1.23. The van der Waals surface area contributed by atoms with Crippen LogP contribution in [0.2, 0.25) is 0 Å². The summed E-state index contributed by atoms with van der Waals surface area (Å²) in [6, 6.07) is 17.0. The number of hydrogen-bond donors (Lipinski definition) is 0. The summed E-state index contributed by atoms with van der Waals surface area (Å²) in [6.07, 6.45) is 0. The van der Waals surface area contributed by atoms with Gasteiger partial charge in [0.1, 0.15) is 5.75 Å². The normalized spacial score (nSPS) is 10.9. The first-order valence-corrected chi connectivity index (χ1v) is 5.76. The maximum absolute atomic E-state index is 5.52. The molecule has 0 radical (unpaired) electrons. The third-order valence-electron chi connectivity index (χ3n) is 3.17. The Morgan fingerprint density at radius 1 is 0.882 bits per heavy atom. The van der Waals surface area contributed by atoms with Crippen molar-refractivity contribution < 1.29 is 4.74 Å². The zero-order valence-corrected chi connectivity index (χ0v) is 10.0. The number of fused-ring (bicyclic) bond motifs is 3. The van der Waals surface area contributed by atoms with Crippen LogP contribution in [-0.2, 0) is 0 Å².